The van der Waals surface area contributed by atoms with Gasteiger partial charge in [-0.2, -0.15) is 0 Å². The number of benzene rings is 2. The molecule has 1 N–H and O–H groups in total. The van der Waals surface area contributed by atoms with Crippen LogP contribution in [0, 0.1) is 5.92 Å². The lowest BCUT2D eigenvalue weighted by atomic mass is 10.0. The monoisotopic (exact) mass is 525 g/mol. The van der Waals surface area contributed by atoms with Gasteiger partial charge in [-0.1, -0.05) is 23.7 Å². The molecule has 1 unspecified atom stereocenters. The van der Waals surface area contributed by atoms with Gasteiger partial charge in [-0.25, -0.2) is 0 Å². The first-order valence-electron chi connectivity index (χ1n) is 13.0. The van der Waals surface area contributed by atoms with Crippen LogP contribution in [0.5, 0.6) is 11.5 Å². The summed E-state index contributed by atoms with van der Waals surface area (Å²) >= 11 is 7.80. The van der Waals surface area contributed by atoms with Crippen molar-refractivity contribution < 1.29 is 14.3 Å². The van der Waals surface area contributed by atoms with E-state index in [-0.39, 0.29) is 17.9 Å². The van der Waals surface area contributed by atoms with E-state index in [0.29, 0.717) is 13.2 Å². The standard InChI is InChI=1S/C28H32ClN3O3S/c29-27-15-20-4-5-23(16-26(20)36-27)32-10-7-21(17-32)28(33)30-22(18-31-8-1-2-9-31)13-19-3-6-24-25(14-19)35-12-11-34-24/h3-6,14-16,21-22H,1-2,7-13,17-18H2,(H,30,33)/t21-,22?/m1/s1. The van der Waals surface area contributed by atoms with Crippen molar-refractivity contribution in [3.63, 3.8) is 0 Å². The number of hydrogen-bond donors (Lipinski definition) is 1. The second-order valence-electron chi connectivity index (χ2n) is 10.1. The van der Waals surface area contributed by atoms with Gasteiger partial charge < -0.3 is 24.6 Å². The summed E-state index contributed by atoms with van der Waals surface area (Å²) < 4.78 is 13.5. The van der Waals surface area contributed by atoms with E-state index in [1.807, 2.05) is 12.1 Å². The van der Waals surface area contributed by atoms with Crippen molar-refractivity contribution in [2.45, 2.75) is 31.7 Å². The van der Waals surface area contributed by atoms with Gasteiger partial charge in [0.2, 0.25) is 5.91 Å². The van der Waals surface area contributed by atoms with Gasteiger partial charge in [0.05, 0.1) is 10.3 Å². The van der Waals surface area contributed by atoms with E-state index in [1.54, 1.807) is 11.3 Å². The summed E-state index contributed by atoms with van der Waals surface area (Å²) in [6, 6.07) is 14.7. The lowest BCUT2D eigenvalue weighted by Crippen LogP contribution is -2.46. The minimum absolute atomic E-state index is 0.00559. The molecule has 4 heterocycles. The number of rotatable bonds is 7. The van der Waals surface area contributed by atoms with Crippen LogP contribution in [0.25, 0.3) is 10.1 Å². The molecule has 3 aromatic rings. The first kappa shape index (κ1) is 23.9. The fourth-order valence-electron chi connectivity index (χ4n) is 5.65. The Kier molecular flexibility index (Phi) is 6.96. The van der Waals surface area contributed by atoms with Crippen LogP contribution < -0.4 is 19.7 Å². The molecule has 1 aromatic heterocycles. The van der Waals surface area contributed by atoms with Crippen LogP contribution in [0.2, 0.25) is 4.34 Å². The van der Waals surface area contributed by atoms with Crippen molar-refractivity contribution >= 4 is 44.6 Å². The van der Waals surface area contributed by atoms with Crippen LogP contribution >= 0.6 is 22.9 Å². The van der Waals surface area contributed by atoms with Crippen LogP contribution in [0.1, 0.15) is 24.8 Å². The fourth-order valence-corrected chi connectivity index (χ4v) is 6.84. The largest absolute Gasteiger partial charge is 0.486 e. The molecule has 8 heteroatoms. The van der Waals surface area contributed by atoms with Crippen molar-refractivity contribution in [1.82, 2.24) is 10.2 Å². The molecule has 0 radical (unpaired) electrons. The third-order valence-electron chi connectivity index (χ3n) is 7.51. The Morgan fingerprint density at radius 3 is 2.75 bits per heavy atom. The Labute approximate surface area is 221 Å². The van der Waals surface area contributed by atoms with E-state index >= 15 is 0 Å². The molecule has 6 rings (SSSR count). The van der Waals surface area contributed by atoms with E-state index in [2.05, 4.69) is 45.4 Å². The lowest BCUT2D eigenvalue weighted by Gasteiger charge is -2.27. The van der Waals surface area contributed by atoms with Gasteiger partial charge in [-0.15, -0.1) is 11.3 Å². The third kappa shape index (κ3) is 5.29. The molecular formula is C28H32ClN3O3S. The number of ether oxygens (including phenoxy) is 2. The third-order valence-corrected chi connectivity index (χ3v) is 8.74. The van der Waals surface area contributed by atoms with Gasteiger partial charge in [0.1, 0.15) is 13.2 Å². The number of hydrogen-bond acceptors (Lipinski definition) is 6. The summed E-state index contributed by atoms with van der Waals surface area (Å²) in [5, 5.41) is 4.60. The number of halogens is 1. The zero-order valence-corrected chi connectivity index (χ0v) is 22.0. The summed E-state index contributed by atoms with van der Waals surface area (Å²) in [5.74, 6) is 1.77. The molecule has 2 saturated heterocycles. The Balaban J connectivity index is 1.12. The number of fused-ring (bicyclic) bond motifs is 2. The highest BCUT2D eigenvalue weighted by Gasteiger charge is 2.31. The summed E-state index contributed by atoms with van der Waals surface area (Å²) in [7, 11) is 0. The highest BCUT2D eigenvalue weighted by molar-refractivity contribution is 7.22. The Morgan fingerprint density at radius 1 is 1.06 bits per heavy atom. The normalized spacial score (nSPS) is 20.7. The minimum Gasteiger partial charge on any atom is -0.486 e. The van der Waals surface area contributed by atoms with Crippen molar-refractivity contribution in [1.29, 1.82) is 0 Å². The van der Waals surface area contributed by atoms with Gasteiger partial charge >= 0.3 is 0 Å². The van der Waals surface area contributed by atoms with Crippen LogP contribution in [-0.4, -0.2) is 62.8 Å². The molecular weight excluding hydrogens is 494 g/mol. The SMILES string of the molecule is O=C(NC(Cc1ccc2c(c1)OCCO2)CN1CCCC1)[C@@H]1CCN(c2ccc3cc(Cl)sc3c2)C1. The van der Waals surface area contributed by atoms with E-state index in [9.17, 15) is 4.79 Å². The molecule has 2 aromatic carbocycles. The molecule has 2 fully saturated rings. The maximum absolute atomic E-state index is 13.4. The van der Waals surface area contributed by atoms with Crippen LogP contribution in [0.3, 0.4) is 0 Å². The van der Waals surface area contributed by atoms with Crippen molar-refractivity contribution in [3.8, 4) is 11.5 Å². The maximum atomic E-state index is 13.4. The fraction of sp³-hybridized carbons (Fsp3) is 0.464. The quantitative estimate of drug-likeness (QED) is 0.472. The zero-order chi connectivity index (χ0) is 24.5. The average molecular weight is 526 g/mol. The predicted molar refractivity (Wildman–Crippen MR) is 146 cm³/mol. The molecule has 36 heavy (non-hydrogen) atoms. The smallest absolute Gasteiger partial charge is 0.225 e. The summed E-state index contributed by atoms with van der Waals surface area (Å²) in [6.07, 6.45) is 4.13. The number of carbonyl (C=O) groups is 1. The molecule has 3 aliphatic rings. The number of carbonyl (C=O) groups excluding carboxylic acids is 1. The molecule has 3 aliphatic heterocycles. The van der Waals surface area contributed by atoms with Crippen LogP contribution in [0.15, 0.2) is 42.5 Å². The molecule has 0 saturated carbocycles. The molecule has 0 spiro atoms. The Hall–Kier alpha value is -2.48. The highest BCUT2D eigenvalue weighted by atomic mass is 35.5. The second kappa shape index (κ2) is 10.5. The molecule has 0 aliphatic carbocycles. The van der Waals surface area contributed by atoms with E-state index in [4.69, 9.17) is 21.1 Å². The Morgan fingerprint density at radius 2 is 1.89 bits per heavy atom. The van der Waals surface area contributed by atoms with Crippen LogP contribution in [0.4, 0.5) is 5.69 Å². The molecule has 190 valence electrons. The maximum Gasteiger partial charge on any atom is 0.225 e. The summed E-state index contributed by atoms with van der Waals surface area (Å²) in [6.45, 7) is 5.91. The lowest BCUT2D eigenvalue weighted by molar-refractivity contribution is -0.125. The first-order valence-corrected chi connectivity index (χ1v) is 14.2. The second-order valence-corrected chi connectivity index (χ2v) is 11.8. The molecule has 1 amide bonds. The first-order chi connectivity index (χ1) is 17.6. The number of thiophene rings is 1. The highest BCUT2D eigenvalue weighted by Crippen LogP contribution is 2.34. The topological polar surface area (TPSA) is 54.0 Å². The predicted octanol–water partition coefficient (Wildman–Crippen LogP) is 4.98. The van der Waals surface area contributed by atoms with Gasteiger partial charge in [-0.3, -0.25) is 4.79 Å². The molecule has 6 nitrogen and oxygen atoms in total. The van der Waals surface area contributed by atoms with Crippen LogP contribution in [-0.2, 0) is 11.2 Å². The molecule has 0 bridgehead atoms. The van der Waals surface area contributed by atoms with Crippen molar-refractivity contribution in [2.75, 3.05) is 50.8 Å². The van der Waals surface area contributed by atoms with E-state index in [1.165, 1.54) is 34.2 Å². The van der Waals surface area contributed by atoms with Gasteiger partial charge in [0.15, 0.2) is 11.5 Å². The Bertz CT molecular complexity index is 1240. The minimum atomic E-state index is -0.00559. The van der Waals surface area contributed by atoms with Gasteiger partial charge in [-0.05, 0) is 80.1 Å². The summed E-state index contributed by atoms with van der Waals surface area (Å²) in [5.41, 5.74) is 2.33. The number of likely N-dealkylation sites (tertiary alicyclic amines) is 1. The van der Waals surface area contributed by atoms with E-state index < -0.39 is 0 Å². The van der Waals surface area contributed by atoms with Gasteiger partial charge in [0.25, 0.3) is 0 Å². The molecule has 2 atom stereocenters. The number of amides is 1. The number of anilines is 1. The number of nitrogens with zero attached hydrogens (tertiary/aromatic N) is 2. The van der Waals surface area contributed by atoms with Crippen molar-refractivity contribution in [3.05, 3.63) is 52.4 Å². The van der Waals surface area contributed by atoms with Crippen molar-refractivity contribution in [2.24, 2.45) is 5.92 Å². The van der Waals surface area contributed by atoms with E-state index in [0.717, 1.165) is 61.4 Å². The van der Waals surface area contributed by atoms with Gasteiger partial charge in [0, 0.05) is 36.1 Å². The average Bonchev–Trinajstić information content (AvgIpc) is 3.64. The summed E-state index contributed by atoms with van der Waals surface area (Å²) in [4.78, 5) is 18.2. The zero-order valence-electron chi connectivity index (χ0n) is 20.4. The number of nitrogens with one attached hydrogen (secondary N) is 1.